The van der Waals surface area contributed by atoms with E-state index >= 15 is 0 Å². The zero-order chi connectivity index (χ0) is 34.5. The summed E-state index contributed by atoms with van der Waals surface area (Å²) < 4.78 is 0. The Hall–Kier alpha value is -4.82. The molecular weight excluding hydrogens is 598 g/mol. The number of nitrogens with zero attached hydrogens (tertiary/aromatic N) is 3. The molecule has 0 radical (unpaired) electrons. The Morgan fingerprint density at radius 2 is 1.44 bits per heavy atom. The minimum atomic E-state index is -0.851. The Morgan fingerprint density at radius 3 is 2.12 bits per heavy atom. The Balaban J connectivity index is 1.61. The van der Waals surface area contributed by atoms with Gasteiger partial charge in [0.15, 0.2) is 0 Å². The van der Waals surface area contributed by atoms with Crippen molar-refractivity contribution in [3.63, 3.8) is 0 Å². The predicted octanol–water partition coefficient (Wildman–Crippen LogP) is 5.50. The van der Waals surface area contributed by atoms with Crippen molar-refractivity contribution < 1.29 is 14.4 Å². The maximum Gasteiger partial charge on any atom is 0.246 e. The summed E-state index contributed by atoms with van der Waals surface area (Å²) >= 11 is 0. The molecule has 4 rings (SSSR count). The molecule has 48 heavy (non-hydrogen) atoms. The molecule has 0 fully saturated rings. The lowest BCUT2D eigenvalue weighted by atomic mass is 9.90. The normalized spacial score (nSPS) is 12.9. The topological polar surface area (TPSA) is 109 Å². The smallest absolute Gasteiger partial charge is 0.246 e. The van der Waals surface area contributed by atoms with Gasteiger partial charge in [-0.3, -0.25) is 19.4 Å². The molecule has 4 aromatic rings. The summed E-state index contributed by atoms with van der Waals surface area (Å²) in [6.45, 7) is 4.50. The lowest BCUT2D eigenvalue weighted by Gasteiger charge is -2.34. The van der Waals surface area contributed by atoms with E-state index in [4.69, 9.17) is 5.73 Å². The predicted molar refractivity (Wildman–Crippen MR) is 193 cm³/mol. The number of carbonyl (C=O) groups is 3. The third kappa shape index (κ3) is 9.84. The number of amides is 3. The van der Waals surface area contributed by atoms with Crippen LogP contribution in [0.2, 0.25) is 0 Å². The first kappa shape index (κ1) is 36.0. The maximum absolute atomic E-state index is 14.5. The molecular formula is C40H49N5O3. The molecule has 2 atom stereocenters. The molecule has 3 aromatic carbocycles. The molecule has 0 aliphatic carbocycles. The molecule has 0 aliphatic heterocycles. The van der Waals surface area contributed by atoms with Crippen LogP contribution >= 0.6 is 0 Å². The minimum absolute atomic E-state index is 0.250. The Kier molecular flexibility index (Phi) is 13.0. The third-order valence-electron chi connectivity index (χ3n) is 9.39. The summed E-state index contributed by atoms with van der Waals surface area (Å²) in [7, 11) is 3.31. The number of likely N-dealkylation sites (N-methyl/N-ethyl adjacent to an activating group) is 2. The highest BCUT2D eigenvalue weighted by molar-refractivity contribution is 5.95. The van der Waals surface area contributed by atoms with Crippen LogP contribution in [0, 0.1) is 0 Å². The van der Waals surface area contributed by atoms with E-state index < -0.39 is 12.1 Å². The quantitative estimate of drug-likeness (QED) is 0.156. The standard InChI is InChI=1S/C40H49N5O3/c1-5-40(41,6-2)23-12-17-37(46)44(3)36(29-32-18-19-33-15-10-11-16-34(33)27-32)39(48)45(4)35(28-31-13-8-7-9-14-31)38(47)43-26-22-30-20-24-42-25-21-30/h7-21,24-25,27,35-36H,5-6,22-23,26,28-29,41H2,1-4H3,(H,43,47)/b17-12+. The Morgan fingerprint density at radius 1 is 0.792 bits per heavy atom. The number of hydrogen-bond donors (Lipinski definition) is 2. The number of nitrogens with one attached hydrogen (secondary N) is 1. The van der Waals surface area contributed by atoms with Crippen LogP contribution in [-0.2, 0) is 33.6 Å². The molecule has 3 amide bonds. The van der Waals surface area contributed by atoms with Gasteiger partial charge in [0.2, 0.25) is 17.7 Å². The molecule has 0 aliphatic rings. The molecule has 1 heterocycles. The van der Waals surface area contributed by atoms with Crippen LogP contribution in [0.15, 0.2) is 109 Å². The monoisotopic (exact) mass is 647 g/mol. The molecule has 8 heteroatoms. The second-order valence-corrected chi connectivity index (χ2v) is 12.6. The van der Waals surface area contributed by atoms with Gasteiger partial charge in [0.25, 0.3) is 0 Å². The first-order valence-electron chi connectivity index (χ1n) is 16.8. The molecule has 1 aromatic heterocycles. The van der Waals surface area contributed by atoms with E-state index in [9.17, 15) is 14.4 Å². The SMILES string of the molecule is CCC(N)(CC)C/C=C/C(=O)N(C)C(Cc1ccc2ccccc2c1)C(=O)N(C)C(Cc1ccccc1)C(=O)NCCc1ccncc1. The van der Waals surface area contributed by atoms with Crippen LogP contribution in [0.4, 0.5) is 0 Å². The molecule has 252 valence electrons. The lowest BCUT2D eigenvalue weighted by Crippen LogP contribution is -2.56. The van der Waals surface area contributed by atoms with Gasteiger partial charge < -0.3 is 20.9 Å². The average Bonchev–Trinajstić information content (AvgIpc) is 3.12. The molecule has 3 N–H and O–H groups in total. The molecule has 2 unspecified atom stereocenters. The third-order valence-corrected chi connectivity index (χ3v) is 9.39. The molecule has 0 saturated heterocycles. The molecule has 8 nitrogen and oxygen atoms in total. The number of rotatable bonds is 16. The summed E-state index contributed by atoms with van der Waals surface area (Å²) in [6.07, 6.45) is 10.2. The molecule has 0 saturated carbocycles. The van der Waals surface area contributed by atoms with Gasteiger partial charge in [-0.1, -0.05) is 92.7 Å². The summed E-state index contributed by atoms with van der Waals surface area (Å²) in [6, 6.07) is 26.0. The zero-order valence-electron chi connectivity index (χ0n) is 28.6. The minimum Gasteiger partial charge on any atom is -0.354 e. The van der Waals surface area contributed by atoms with Gasteiger partial charge in [0.1, 0.15) is 12.1 Å². The number of fused-ring (bicyclic) bond motifs is 1. The van der Waals surface area contributed by atoms with E-state index in [0.717, 1.165) is 40.3 Å². The van der Waals surface area contributed by atoms with Crippen molar-refractivity contribution >= 4 is 28.5 Å². The number of hydrogen-bond acceptors (Lipinski definition) is 5. The fraction of sp³-hybridized carbons (Fsp3) is 0.350. The van der Waals surface area contributed by atoms with Crippen molar-refractivity contribution in [2.75, 3.05) is 20.6 Å². The van der Waals surface area contributed by atoms with Crippen LogP contribution < -0.4 is 11.1 Å². The van der Waals surface area contributed by atoms with E-state index in [1.165, 1.54) is 15.9 Å². The van der Waals surface area contributed by atoms with E-state index in [1.807, 2.05) is 98.8 Å². The number of pyridine rings is 1. The molecule has 0 bridgehead atoms. The van der Waals surface area contributed by atoms with E-state index in [-0.39, 0.29) is 29.7 Å². The Labute approximate surface area is 285 Å². The average molecular weight is 648 g/mol. The van der Waals surface area contributed by atoms with Gasteiger partial charge in [-0.15, -0.1) is 0 Å². The van der Waals surface area contributed by atoms with Crippen molar-refractivity contribution in [1.29, 1.82) is 0 Å². The van der Waals surface area contributed by atoms with Gasteiger partial charge >= 0.3 is 0 Å². The van der Waals surface area contributed by atoms with Crippen LogP contribution in [0.25, 0.3) is 10.8 Å². The Bertz CT molecular complexity index is 1670. The summed E-state index contributed by atoms with van der Waals surface area (Å²) in [4.78, 5) is 48.9. The van der Waals surface area contributed by atoms with Gasteiger partial charge in [-0.05, 0) is 71.4 Å². The largest absolute Gasteiger partial charge is 0.354 e. The first-order chi connectivity index (χ1) is 23.1. The van der Waals surface area contributed by atoms with Gasteiger partial charge in [-0.25, -0.2) is 0 Å². The van der Waals surface area contributed by atoms with Gasteiger partial charge in [0.05, 0.1) is 0 Å². The number of benzene rings is 3. The maximum atomic E-state index is 14.5. The van der Waals surface area contributed by atoms with Crippen LogP contribution in [-0.4, -0.2) is 70.8 Å². The van der Waals surface area contributed by atoms with Gasteiger partial charge in [0, 0.05) is 51.4 Å². The van der Waals surface area contributed by atoms with Crippen molar-refractivity contribution in [2.24, 2.45) is 5.73 Å². The van der Waals surface area contributed by atoms with Crippen LogP contribution in [0.3, 0.4) is 0 Å². The van der Waals surface area contributed by atoms with Crippen molar-refractivity contribution in [2.45, 2.75) is 70.0 Å². The molecule has 0 spiro atoms. The van der Waals surface area contributed by atoms with Gasteiger partial charge in [-0.2, -0.15) is 0 Å². The van der Waals surface area contributed by atoms with Crippen molar-refractivity contribution in [3.8, 4) is 0 Å². The fourth-order valence-corrected chi connectivity index (χ4v) is 5.81. The highest BCUT2D eigenvalue weighted by atomic mass is 16.2. The summed E-state index contributed by atoms with van der Waals surface area (Å²) in [5.41, 5.74) is 9.00. The fourth-order valence-electron chi connectivity index (χ4n) is 5.81. The first-order valence-corrected chi connectivity index (χ1v) is 16.8. The summed E-state index contributed by atoms with van der Waals surface area (Å²) in [5, 5.41) is 5.19. The second kappa shape index (κ2) is 17.4. The van der Waals surface area contributed by atoms with E-state index in [2.05, 4.69) is 16.4 Å². The second-order valence-electron chi connectivity index (χ2n) is 12.6. The highest BCUT2D eigenvalue weighted by Crippen LogP contribution is 2.21. The van der Waals surface area contributed by atoms with Crippen molar-refractivity contribution in [1.82, 2.24) is 20.1 Å². The zero-order valence-corrected chi connectivity index (χ0v) is 28.6. The number of aromatic nitrogens is 1. The summed E-state index contributed by atoms with van der Waals surface area (Å²) in [5.74, 6) is -0.855. The number of carbonyl (C=O) groups excluding carboxylic acids is 3. The number of nitrogens with two attached hydrogens (primary N) is 1. The van der Waals surface area contributed by atoms with Crippen LogP contribution in [0.1, 0.15) is 49.8 Å². The van der Waals surface area contributed by atoms with Crippen molar-refractivity contribution in [3.05, 3.63) is 126 Å². The highest BCUT2D eigenvalue weighted by Gasteiger charge is 2.35. The van der Waals surface area contributed by atoms with Crippen LogP contribution in [0.5, 0.6) is 0 Å². The lowest BCUT2D eigenvalue weighted by molar-refractivity contribution is -0.146. The van der Waals surface area contributed by atoms with E-state index in [0.29, 0.717) is 25.8 Å². The van der Waals surface area contributed by atoms with E-state index in [1.54, 1.807) is 26.5 Å².